The highest BCUT2D eigenvalue weighted by Crippen LogP contribution is 2.24. The first-order valence-corrected chi connectivity index (χ1v) is 7.65. The number of nitrogens with one attached hydrogen (secondary N) is 2. The maximum absolute atomic E-state index is 12.8. The normalized spacial score (nSPS) is 20.2. The van der Waals surface area contributed by atoms with Crippen LogP contribution in [0.2, 0.25) is 0 Å². The van der Waals surface area contributed by atoms with E-state index in [1.807, 2.05) is 6.07 Å². The number of hydrogen-bond donors (Lipinski definition) is 2. The largest absolute Gasteiger partial charge is 0.384 e. The van der Waals surface area contributed by atoms with E-state index in [1.165, 1.54) is 11.3 Å². The maximum atomic E-state index is 12.8. The van der Waals surface area contributed by atoms with E-state index in [4.69, 9.17) is 0 Å². The fraction of sp³-hybridized carbons (Fsp3) is 0.562. The van der Waals surface area contributed by atoms with Gasteiger partial charge in [0.05, 0.1) is 6.04 Å². The quantitative estimate of drug-likeness (QED) is 0.817. The topological polar surface area (TPSA) is 44.4 Å². The van der Waals surface area contributed by atoms with Crippen LogP contribution in [-0.2, 0) is 6.42 Å². The number of fused-ring (bicyclic) bond motifs is 1. The highest BCUT2D eigenvalue weighted by Gasteiger charge is 2.27. The van der Waals surface area contributed by atoms with Gasteiger partial charge in [-0.15, -0.1) is 0 Å². The molecule has 0 radical (unpaired) electrons. The third-order valence-electron chi connectivity index (χ3n) is 4.38. The molecule has 1 atom stereocenters. The standard InChI is InChI=1S/C16H23N3O/c1-2-15(19-9-7-17-8-10-19)16(20)13-3-4-14-12(11-13)5-6-18-14/h3-4,11,15,17-18H,2,5-10H2,1H3. The fourth-order valence-electron chi connectivity index (χ4n) is 3.25. The molecule has 2 aliphatic heterocycles. The molecular formula is C16H23N3O. The Morgan fingerprint density at radius 1 is 1.30 bits per heavy atom. The number of Topliss-reactive ketones (excluding diaryl/α,β-unsaturated/α-hetero) is 1. The predicted molar refractivity (Wildman–Crippen MR) is 81.5 cm³/mol. The van der Waals surface area contributed by atoms with Gasteiger partial charge in [0, 0.05) is 44.0 Å². The lowest BCUT2D eigenvalue weighted by Gasteiger charge is -2.33. The molecule has 0 amide bonds. The number of carbonyl (C=O) groups is 1. The molecule has 0 bridgehead atoms. The first kappa shape index (κ1) is 13.6. The molecule has 1 unspecified atom stereocenters. The van der Waals surface area contributed by atoms with Crippen molar-refractivity contribution < 1.29 is 4.79 Å². The number of piperazine rings is 1. The summed E-state index contributed by atoms with van der Waals surface area (Å²) in [5, 5.41) is 6.69. The molecule has 2 N–H and O–H groups in total. The van der Waals surface area contributed by atoms with Gasteiger partial charge in [0.1, 0.15) is 0 Å². The monoisotopic (exact) mass is 273 g/mol. The Hall–Kier alpha value is -1.39. The Labute approximate surface area is 120 Å². The number of ketones is 1. The van der Waals surface area contributed by atoms with Gasteiger partial charge in [-0.2, -0.15) is 0 Å². The third kappa shape index (κ3) is 2.58. The highest BCUT2D eigenvalue weighted by atomic mass is 16.1. The Morgan fingerprint density at radius 3 is 2.85 bits per heavy atom. The first-order valence-electron chi connectivity index (χ1n) is 7.65. The van der Waals surface area contributed by atoms with E-state index in [1.54, 1.807) is 0 Å². The molecule has 20 heavy (non-hydrogen) atoms. The van der Waals surface area contributed by atoms with E-state index in [0.29, 0.717) is 0 Å². The van der Waals surface area contributed by atoms with Gasteiger partial charge in [-0.05, 0) is 36.6 Å². The molecule has 1 aromatic rings. The van der Waals surface area contributed by atoms with E-state index >= 15 is 0 Å². The molecule has 1 aromatic carbocycles. The number of hydrogen-bond acceptors (Lipinski definition) is 4. The van der Waals surface area contributed by atoms with Gasteiger partial charge in [0.15, 0.2) is 5.78 Å². The molecule has 108 valence electrons. The van der Waals surface area contributed by atoms with Crippen LogP contribution in [0.4, 0.5) is 5.69 Å². The van der Waals surface area contributed by atoms with Crippen molar-refractivity contribution in [2.75, 3.05) is 38.0 Å². The SMILES string of the molecule is CCC(C(=O)c1ccc2c(c1)CCN2)N1CCNCC1. The van der Waals surface area contributed by atoms with E-state index in [2.05, 4.69) is 34.6 Å². The van der Waals surface area contributed by atoms with E-state index in [0.717, 1.165) is 51.1 Å². The summed E-state index contributed by atoms with van der Waals surface area (Å²) in [7, 11) is 0. The molecule has 4 nitrogen and oxygen atoms in total. The zero-order valence-electron chi connectivity index (χ0n) is 12.1. The summed E-state index contributed by atoms with van der Waals surface area (Å²) < 4.78 is 0. The molecule has 2 heterocycles. The van der Waals surface area contributed by atoms with Gasteiger partial charge in [-0.25, -0.2) is 0 Å². The molecule has 0 saturated carbocycles. The average molecular weight is 273 g/mol. The fourth-order valence-corrected chi connectivity index (χ4v) is 3.25. The van der Waals surface area contributed by atoms with Gasteiger partial charge >= 0.3 is 0 Å². The highest BCUT2D eigenvalue weighted by molar-refractivity contribution is 6.00. The summed E-state index contributed by atoms with van der Waals surface area (Å²) in [6.45, 7) is 7.00. The second-order valence-corrected chi connectivity index (χ2v) is 5.62. The number of rotatable bonds is 4. The second kappa shape index (κ2) is 5.94. The van der Waals surface area contributed by atoms with Crippen molar-refractivity contribution in [3.05, 3.63) is 29.3 Å². The molecule has 3 rings (SSSR count). The van der Waals surface area contributed by atoms with E-state index < -0.39 is 0 Å². The van der Waals surface area contributed by atoms with Crippen LogP contribution in [0.5, 0.6) is 0 Å². The van der Waals surface area contributed by atoms with Crippen molar-refractivity contribution in [2.45, 2.75) is 25.8 Å². The van der Waals surface area contributed by atoms with Crippen LogP contribution in [0.25, 0.3) is 0 Å². The number of anilines is 1. The summed E-state index contributed by atoms with van der Waals surface area (Å²) in [4.78, 5) is 15.1. The Morgan fingerprint density at radius 2 is 2.10 bits per heavy atom. The van der Waals surface area contributed by atoms with Gasteiger partial charge in [-0.3, -0.25) is 9.69 Å². The average Bonchev–Trinajstić information content (AvgIpc) is 2.96. The lowest BCUT2D eigenvalue weighted by atomic mass is 9.97. The smallest absolute Gasteiger partial charge is 0.179 e. The first-order chi connectivity index (χ1) is 9.79. The van der Waals surface area contributed by atoms with E-state index in [9.17, 15) is 4.79 Å². The lowest BCUT2D eigenvalue weighted by molar-refractivity contribution is 0.0790. The summed E-state index contributed by atoms with van der Waals surface area (Å²) in [6.07, 6.45) is 1.91. The predicted octanol–water partition coefficient (Wildman–Crippen LogP) is 1.52. The number of nitrogens with zero attached hydrogens (tertiary/aromatic N) is 1. The van der Waals surface area contributed by atoms with Crippen LogP contribution in [-0.4, -0.2) is 49.4 Å². The summed E-state index contributed by atoms with van der Waals surface area (Å²) in [6, 6.07) is 6.15. The second-order valence-electron chi connectivity index (χ2n) is 5.62. The van der Waals surface area contributed by atoms with Crippen LogP contribution in [0.15, 0.2) is 18.2 Å². The molecule has 1 fully saturated rings. The Bertz CT molecular complexity index is 494. The number of benzene rings is 1. The van der Waals surface area contributed by atoms with Crippen molar-refractivity contribution in [1.82, 2.24) is 10.2 Å². The number of carbonyl (C=O) groups excluding carboxylic acids is 1. The van der Waals surface area contributed by atoms with Crippen LogP contribution >= 0.6 is 0 Å². The van der Waals surface area contributed by atoms with Crippen LogP contribution in [0.1, 0.15) is 29.3 Å². The van der Waals surface area contributed by atoms with Gasteiger partial charge < -0.3 is 10.6 Å². The molecule has 0 spiro atoms. The van der Waals surface area contributed by atoms with Crippen molar-refractivity contribution in [2.24, 2.45) is 0 Å². The van der Waals surface area contributed by atoms with Crippen molar-refractivity contribution in [1.29, 1.82) is 0 Å². The minimum atomic E-state index is 0.0320. The van der Waals surface area contributed by atoms with Gasteiger partial charge in [0.2, 0.25) is 0 Å². The molecular weight excluding hydrogens is 250 g/mol. The Kier molecular flexibility index (Phi) is 4.03. The molecule has 1 saturated heterocycles. The molecule has 0 aliphatic carbocycles. The molecule has 2 aliphatic rings. The third-order valence-corrected chi connectivity index (χ3v) is 4.38. The molecule has 4 heteroatoms. The van der Waals surface area contributed by atoms with Crippen molar-refractivity contribution >= 4 is 11.5 Å². The van der Waals surface area contributed by atoms with Gasteiger partial charge in [-0.1, -0.05) is 6.92 Å². The zero-order valence-corrected chi connectivity index (χ0v) is 12.1. The van der Waals surface area contributed by atoms with Crippen molar-refractivity contribution in [3.8, 4) is 0 Å². The summed E-state index contributed by atoms with van der Waals surface area (Å²) in [5.41, 5.74) is 3.35. The maximum Gasteiger partial charge on any atom is 0.179 e. The zero-order chi connectivity index (χ0) is 13.9. The lowest BCUT2D eigenvalue weighted by Crippen LogP contribution is -2.51. The van der Waals surface area contributed by atoms with Crippen LogP contribution < -0.4 is 10.6 Å². The van der Waals surface area contributed by atoms with Crippen molar-refractivity contribution in [3.63, 3.8) is 0 Å². The van der Waals surface area contributed by atoms with E-state index in [-0.39, 0.29) is 11.8 Å². The minimum Gasteiger partial charge on any atom is -0.384 e. The summed E-state index contributed by atoms with van der Waals surface area (Å²) >= 11 is 0. The van der Waals surface area contributed by atoms with Gasteiger partial charge in [0.25, 0.3) is 0 Å². The van der Waals surface area contributed by atoms with Crippen LogP contribution in [0, 0.1) is 0 Å². The van der Waals surface area contributed by atoms with Crippen LogP contribution in [0.3, 0.4) is 0 Å². The summed E-state index contributed by atoms with van der Waals surface area (Å²) in [5.74, 6) is 0.282. The minimum absolute atomic E-state index is 0.0320. The molecule has 0 aromatic heterocycles. The Balaban J connectivity index is 1.79.